The largest absolute Gasteiger partial charge is 0.508 e. The molecule has 0 saturated heterocycles. The number of benzene rings is 2. The summed E-state index contributed by atoms with van der Waals surface area (Å²) >= 11 is 0. The van der Waals surface area contributed by atoms with Crippen molar-refractivity contribution in [2.45, 2.75) is 57.3 Å². The summed E-state index contributed by atoms with van der Waals surface area (Å²) in [6.45, 7) is 2.78. The highest BCUT2D eigenvalue weighted by Crippen LogP contribution is 2.19. The van der Waals surface area contributed by atoms with Gasteiger partial charge in [0.05, 0.1) is 12.6 Å². The van der Waals surface area contributed by atoms with Gasteiger partial charge in [0.25, 0.3) is 0 Å². The Hall–Kier alpha value is -4.42. The van der Waals surface area contributed by atoms with E-state index in [0.717, 1.165) is 16.5 Å². The quantitative estimate of drug-likeness (QED) is 0.138. The molecule has 0 spiro atoms. The first kappa shape index (κ1) is 31.1. The smallest absolute Gasteiger partial charge is 0.326 e. The van der Waals surface area contributed by atoms with E-state index in [1.54, 1.807) is 13.1 Å². The molecule has 12 heteroatoms. The van der Waals surface area contributed by atoms with Crippen molar-refractivity contribution >= 4 is 34.6 Å². The van der Waals surface area contributed by atoms with Gasteiger partial charge < -0.3 is 42.0 Å². The summed E-state index contributed by atoms with van der Waals surface area (Å²) in [5.74, 6) is -3.83. The number of carbonyl (C=O) groups excluding carboxylic acids is 3. The molecule has 3 aromatic rings. The molecule has 0 aliphatic carbocycles. The third-order valence-electron chi connectivity index (χ3n) is 7.05. The molecule has 41 heavy (non-hydrogen) atoms. The average Bonchev–Trinajstić information content (AvgIpc) is 3.37. The predicted molar refractivity (Wildman–Crippen MR) is 152 cm³/mol. The number of fused-ring (bicyclic) bond motifs is 1. The number of carboxylic acid groups (broad SMARTS) is 1. The van der Waals surface area contributed by atoms with Gasteiger partial charge in [0, 0.05) is 23.5 Å². The number of H-pyrrole nitrogens is 1. The third-order valence-corrected chi connectivity index (χ3v) is 7.05. The first-order valence-corrected chi connectivity index (χ1v) is 13.4. The minimum Gasteiger partial charge on any atom is -0.508 e. The zero-order chi connectivity index (χ0) is 30.1. The Labute approximate surface area is 237 Å². The van der Waals surface area contributed by atoms with E-state index in [2.05, 4.69) is 20.9 Å². The van der Waals surface area contributed by atoms with E-state index in [0.29, 0.717) is 12.0 Å². The van der Waals surface area contributed by atoms with Gasteiger partial charge in [0.15, 0.2) is 0 Å². The maximum atomic E-state index is 13.2. The van der Waals surface area contributed by atoms with E-state index in [1.165, 1.54) is 24.3 Å². The van der Waals surface area contributed by atoms with Crippen molar-refractivity contribution in [1.29, 1.82) is 0 Å². The minimum absolute atomic E-state index is 0.00888. The van der Waals surface area contributed by atoms with Crippen molar-refractivity contribution < 1.29 is 34.5 Å². The lowest BCUT2D eigenvalue weighted by atomic mass is 9.97. The van der Waals surface area contributed by atoms with Crippen molar-refractivity contribution in [2.75, 3.05) is 6.61 Å². The van der Waals surface area contributed by atoms with Crippen LogP contribution in [0.4, 0.5) is 0 Å². The highest BCUT2D eigenvalue weighted by atomic mass is 16.4. The van der Waals surface area contributed by atoms with Crippen LogP contribution in [-0.4, -0.2) is 74.8 Å². The van der Waals surface area contributed by atoms with Gasteiger partial charge in [0.1, 0.15) is 23.9 Å². The Balaban J connectivity index is 1.65. The second-order valence-corrected chi connectivity index (χ2v) is 10.1. The number of para-hydroxylation sites is 1. The standard InChI is InChI=1S/C29H37N5O7/c1-3-16(2)25(34-26(37)21(30)13-18-14-31-22-7-5-4-6-20(18)22)28(39)33-24(15-35)27(38)32-23(29(40)41)12-17-8-10-19(36)11-9-17/h4-11,14,16,21,23-25,31,35-36H,3,12-13,15,30H2,1-2H3,(H,32,38)(H,33,39)(H,34,37)(H,40,41). The second kappa shape index (κ2) is 14.3. The number of aromatic nitrogens is 1. The van der Waals surface area contributed by atoms with E-state index < -0.39 is 54.5 Å². The average molecular weight is 568 g/mol. The first-order valence-electron chi connectivity index (χ1n) is 13.4. The lowest BCUT2D eigenvalue weighted by molar-refractivity contribution is -0.142. The number of rotatable bonds is 14. The molecule has 0 aliphatic rings. The summed E-state index contributed by atoms with van der Waals surface area (Å²) in [6, 6.07) is 8.59. The lowest BCUT2D eigenvalue weighted by Gasteiger charge is -2.27. The van der Waals surface area contributed by atoms with Crippen molar-refractivity contribution in [3.8, 4) is 5.75 Å². The number of phenols is 1. The predicted octanol–water partition coefficient (Wildman–Crippen LogP) is 0.563. The Kier molecular flexibility index (Phi) is 10.8. The fourth-order valence-electron chi connectivity index (χ4n) is 4.39. The highest BCUT2D eigenvalue weighted by molar-refractivity contribution is 5.94. The minimum atomic E-state index is -1.47. The maximum Gasteiger partial charge on any atom is 0.326 e. The number of aromatic hydroxyl groups is 1. The number of nitrogens with two attached hydrogens (primary N) is 1. The van der Waals surface area contributed by atoms with Crippen LogP contribution in [0.15, 0.2) is 54.7 Å². The van der Waals surface area contributed by atoms with Gasteiger partial charge in [-0.25, -0.2) is 4.79 Å². The van der Waals surface area contributed by atoms with Crippen molar-refractivity contribution in [3.63, 3.8) is 0 Å². The van der Waals surface area contributed by atoms with Crippen LogP contribution < -0.4 is 21.7 Å². The molecular formula is C29H37N5O7. The Morgan fingerprint density at radius 2 is 1.56 bits per heavy atom. The molecule has 0 aliphatic heterocycles. The summed E-state index contributed by atoms with van der Waals surface area (Å²) in [4.78, 5) is 54.0. The van der Waals surface area contributed by atoms with Gasteiger partial charge >= 0.3 is 5.97 Å². The molecule has 9 N–H and O–H groups in total. The zero-order valence-electron chi connectivity index (χ0n) is 23.0. The van der Waals surface area contributed by atoms with Crippen LogP contribution in [0.3, 0.4) is 0 Å². The van der Waals surface area contributed by atoms with E-state index in [-0.39, 0.29) is 24.5 Å². The molecule has 1 heterocycles. The Morgan fingerprint density at radius 1 is 0.902 bits per heavy atom. The molecular weight excluding hydrogens is 530 g/mol. The van der Waals surface area contributed by atoms with Gasteiger partial charge in [-0.2, -0.15) is 0 Å². The van der Waals surface area contributed by atoms with E-state index in [9.17, 15) is 34.5 Å². The van der Waals surface area contributed by atoms with Crippen molar-refractivity contribution in [1.82, 2.24) is 20.9 Å². The molecule has 0 fully saturated rings. The van der Waals surface area contributed by atoms with Crippen LogP contribution in [0.25, 0.3) is 10.9 Å². The highest BCUT2D eigenvalue weighted by Gasteiger charge is 2.32. The Bertz CT molecular complexity index is 1360. The van der Waals surface area contributed by atoms with Crippen LogP contribution in [0.1, 0.15) is 31.4 Å². The number of hydrogen-bond acceptors (Lipinski definition) is 7. The van der Waals surface area contributed by atoms with Gasteiger partial charge in [-0.15, -0.1) is 0 Å². The normalized spacial score (nSPS) is 14.8. The first-order chi connectivity index (χ1) is 19.5. The summed E-state index contributed by atoms with van der Waals surface area (Å²) in [5, 5.41) is 37.2. The summed E-state index contributed by atoms with van der Waals surface area (Å²) in [7, 11) is 0. The molecule has 12 nitrogen and oxygen atoms in total. The van der Waals surface area contributed by atoms with Gasteiger partial charge in [-0.05, 0) is 41.7 Å². The number of amides is 3. The number of aliphatic hydroxyl groups excluding tert-OH is 1. The summed E-state index contributed by atoms with van der Waals surface area (Å²) in [6.07, 6.45) is 2.43. The van der Waals surface area contributed by atoms with E-state index >= 15 is 0 Å². The summed E-state index contributed by atoms with van der Waals surface area (Å²) < 4.78 is 0. The van der Waals surface area contributed by atoms with Crippen LogP contribution in [0.2, 0.25) is 0 Å². The molecule has 0 saturated carbocycles. The van der Waals surface area contributed by atoms with E-state index in [4.69, 9.17) is 5.73 Å². The second-order valence-electron chi connectivity index (χ2n) is 10.1. The maximum absolute atomic E-state index is 13.2. The number of hydrogen-bond donors (Lipinski definition) is 8. The fourth-order valence-corrected chi connectivity index (χ4v) is 4.39. The Morgan fingerprint density at radius 3 is 2.20 bits per heavy atom. The number of carbonyl (C=O) groups is 4. The monoisotopic (exact) mass is 567 g/mol. The molecule has 220 valence electrons. The number of phenolic OH excluding ortho intramolecular Hbond substituents is 1. The van der Waals surface area contributed by atoms with Crippen molar-refractivity contribution in [2.24, 2.45) is 11.7 Å². The number of nitrogens with one attached hydrogen (secondary N) is 4. The van der Waals surface area contributed by atoms with Gasteiger partial charge in [-0.1, -0.05) is 50.6 Å². The molecule has 5 unspecified atom stereocenters. The number of carboxylic acids is 1. The molecule has 1 aromatic heterocycles. The molecule has 2 aromatic carbocycles. The van der Waals surface area contributed by atoms with Gasteiger partial charge in [0.2, 0.25) is 17.7 Å². The molecule has 3 rings (SSSR count). The number of aliphatic hydroxyl groups is 1. The molecule has 5 atom stereocenters. The molecule has 0 radical (unpaired) electrons. The van der Waals surface area contributed by atoms with Crippen LogP contribution in [0.5, 0.6) is 5.75 Å². The van der Waals surface area contributed by atoms with Crippen LogP contribution in [-0.2, 0) is 32.0 Å². The summed E-state index contributed by atoms with van der Waals surface area (Å²) in [5.41, 5.74) is 8.50. The molecule has 3 amide bonds. The fraction of sp³-hybridized carbons (Fsp3) is 0.379. The SMILES string of the molecule is CCC(C)C(NC(=O)C(N)Cc1c[nH]c2ccccc12)C(=O)NC(CO)C(=O)NC(Cc1ccc(O)cc1)C(=O)O. The third kappa shape index (κ3) is 8.29. The van der Waals surface area contributed by atoms with Crippen molar-refractivity contribution in [3.05, 3.63) is 65.9 Å². The number of aliphatic carboxylic acids is 1. The zero-order valence-corrected chi connectivity index (χ0v) is 23.0. The number of aromatic amines is 1. The van der Waals surface area contributed by atoms with Gasteiger partial charge in [-0.3, -0.25) is 14.4 Å². The van der Waals surface area contributed by atoms with Crippen LogP contribution >= 0.6 is 0 Å². The topological polar surface area (TPSA) is 207 Å². The van der Waals surface area contributed by atoms with Crippen LogP contribution in [0, 0.1) is 5.92 Å². The molecule has 0 bridgehead atoms. The van der Waals surface area contributed by atoms with E-state index in [1.807, 2.05) is 31.2 Å². The lowest BCUT2D eigenvalue weighted by Crippen LogP contribution is -2.59.